The topological polar surface area (TPSA) is 41.4 Å². The average molecular weight is 308 g/mol. The van der Waals surface area contributed by atoms with Gasteiger partial charge in [-0.3, -0.25) is 19.9 Å². The van der Waals surface area contributed by atoms with Gasteiger partial charge in [-0.2, -0.15) is 0 Å². The van der Waals surface area contributed by atoms with E-state index in [9.17, 15) is 0 Å². The SMILES string of the molecule is C/C=C\C(CN(Cc1ccccn1)Cc1ccccn1)=NCC. The van der Waals surface area contributed by atoms with Gasteiger partial charge in [0.2, 0.25) is 0 Å². The Kier molecular flexibility index (Phi) is 7.14. The standard InChI is InChI=1S/C19H24N4/c1-3-9-17(20-4-2)14-23(15-18-10-5-7-12-21-18)16-19-11-6-8-13-22-19/h3,5-13H,4,14-16H2,1-2H3/b9-3-,20-17?. The maximum absolute atomic E-state index is 4.58. The van der Waals surface area contributed by atoms with Gasteiger partial charge in [0.1, 0.15) is 0 Å². The summed E-state index contributed by atoms with van der Waals surface area (Å²) in [4.78, 5) is 15.8. The lowest BCUT2D eigenvalue weighted by Gasteiger charge is -2.21. The van der Waals surface area contributed by atoms with Gasteiger partial charge >= 0.3 is 0 Å². The summed E-state index contributed by atoms with van der Waals surface area (Å²) >= 11 is 0. The lowest BCUT2D eigenvalue weighted by molar-refractivity contribution is 0.288. The molecule has 0 spiro atoms. The molecule has 23 heavy (non-hydrogen) atoms. The summed E-state index contributed by atoms with van der Waals surface area (Å²) in [6, 6.07) is 12.0. The minimum absolute atomic E-state index is 0.775. The van der Waals surface area contributed by atoms with E-state index in [0.29, 0.717) is 0 Å². The van der Waals surface area contributed by atoms with Gasteiger partial charge in [0, 0.05) is 44.3 Å². The third kappa shape index (κ3) is 6.12. The van der Waals surface area contributed by atoms with Crippen molar-refractivity contribution in [2.75, 3.05) is 13.1 Å². The van der Waals surface area contributed by atoms with Crippen molar-refractivity contribution >= 4 is 5.71 Å². The van der Waals surface area contributed by atoms with Crippen LogP contribution in [-0.2, 0) is 13.1 Å². The van der Waals surface area contributed by atoms with Crippen molar-refractivity contribution < 1.29 is 0 Å². The van der Waals surface area contributed by atoms with E-state index in [1.54, 1.807) is 0 Å². The van der Waals surface area contributed by atoms with Crippen molar-refractivity contribution in [3.05, 3.63) is 72.3 Å². The quantitative estimate of drug-likeness (QED) is 0.701. The maximum Gasteiger partial charge on any atom is 0.0544 e. The van der Waals surface area contributed by atoms with Crippen LogP contribution in [0.15, 0.2) is 65.9 Å². The first-order valence-electron chi connectivity index (χ1n) is 8.00. The Labute approximate surface area is 138 Å². The smallest absolute Gasteiger partial charge is 0.0544 e. The molecular weight excluding hydrogens is 284 g/mol. The van der Waals surface area contributed by atoms with E-state index in [0.717, 1.165) is 43.3 Å². The average Bonchev–Trinajstić information content (AvgIpc) is 2.57. The van der Waals surface area contributed by atoms with Gasteiger partial charge in [-0.05, 0) is 44.2 Å². The van der Waals surface area contributed by atoms with Crippen molar-refractivity contribution in [2.45, 2.75) is 26.9 Å². The van der Waals surface area contributed by atoms with Crippen LogP contribution in [0.1, 0.15) is 25.2 Å². The largest absolute Gasteiger partial charge is 0.289 e. The molecule has 2 aromatic rings. The fraction of sp³-hybridized carbons (Fsp3) is 0.316. The lowest BCUT2D eigenvalue weighted by atomic mass is 10.2. The fourth-order valence-electron chi connectivity index (χ4n) is 2.39. The number of aromatic nitrogens is 2. The number of nitrogens with zero attached hydrogens (tertiary/aromatic N) is 4. The van der Waals surface area contributed by atoms with Crippen LogP contribution >= 0.6 is 0 Å². The van der Waals surface area contributed by atoms with Crippen molar-refractivity contribution in [2.24, 2.45) is 4.99 Å². The zero-order valence-corrected chi connectivity index (χ0v) is 13.9. The number of hydrogen-bond donors (Lipinski definition) is 0. The molecule has 0 radical (unpaired) electrons. The predicted octanol–water partition coefficient (Wildman–Crippen LogP) is 3.52. The van der Waals surface area contributed by atoms with Crippen molar-refractivity contribution in [1.29, 1.82) is 0 Å². The third-order valence-electron chi connectivity index (χ3n) is 3.33. The Morgan fingerprint density at radius 1 is 1.04 bits per heavy atom. The first-order valence-corrected chi connectivity index (χ1v) is 8.00. The van der Waals surface area contributed by atoms with E-state index in [1.165, 1.54) is 0 Å². The minimum Gasteiger partial charge on any atom is -0.289 e. The summed E-state index contributed by atoms with van der Waals surface area (Å²) in [5.41, 5.74) is 3.20. The van der Waals surface area contributed by atoms with Crippen LogP contribution in [0.2, 0.25) is 0 Å². The van der Waals surface area contributed by atoms with Crippen LogP contribution in [0.3, 0.4) is 0 Å². The van der Waals surface area contributed by atoms with Gasteiger partial charge in [0.25, 0.3) is 0 Å². The molecule has 0 aliphatic carbocycles. The second kappa shape index (κ2) is 9.64. The second-order valence-corrected chi connectivity index (χ2v) is 5.25. The predicted molar refractivity (Wildman–Crippen MR) is 95.4 cm³/mol. The van der Waals surface area contributed by atoms with Crippen LogP contribution < -0.4 is 0 Å². The van der Waals surface area contributed by atoms with Gasteiger partial charge < -0.3 is 0 Å². The molecule has 0 aromatic carbocycles. The second-order valence-electron chi connectivity index (χ2n) is 5.25. The number of aliphatic imine (C=N–C) groups is 1. The van der Waals surface area contributed by atoms with E-state index >= 15 is 0 Å². The van der Waals surface area contributed by atoms with Crippen LogP contribution in [0, 0.1) is 0 Å². The molecule has 2 heterocycles. The molecule has 4 nitrogen and oxygen atoms in total. The molecule has 0 aliphatic rings. The molecule has 2 rings (SSSR count). The van der Waals surface area contributed by atoms with E-state index < -0.39 is 0 Å². The molecule has 0 saturated heterocycles. The molecule has 0 aliphatic heterocycles. The maximum atomic E-state index is 4.58. The Morgan fingerprint density at radius 2 is 1.65 bits per heavy atom. The molecular formula is C19H24N4. The van der Waals surface area contributed by atoms with Crippen LogP contribution in [-0.4, -0.2) is 33.7 Å². The van der Waals surface area contributed by atoms with Gasteiger partial charge in [0.15, 0.2) is 0 Å². The van der Waals surface area contributed by atoms with Crippen molar-refractivity contribution in [3.63, 3.8) is 0 Å². The summed E-state index contributed by atoms with van der Waals surface area (Å²) < 4.78 is 0. The van der Waals surface area contributed by atoms with Gasteiger partial charge in [-0.25, -0.2) is 0 Å². The minimum atomic E-state index is 0.775. The Hall–Kier alpha value is -2.33. The highest BCUT2D eigenvalue weighted by Crippen LogP contribution is 2.07. The molecule has 0 saturated carbocycles. The van der Waals surface area contributed by atoms with Crippen molar-refractivity contribution in [3.8, 4) is 0 Å². The Bertz CT molecular complexity index is 579. The van der Waals surface area contributed by atoms with Crippen LogP contribution in [0.4, 0.5) is 0 Å². The fourth-order valence-corrected chi connectivity index (χ4v) is 2.39. The van der Waals surface area contributed by atoms with E-state index in [1.807, 2.05) is 49.7 Å². The third-order valence-corrected chi connectivity index (χ3v) is 3.33. The van der Waals surface area contributed by atoms with Crippen LogP contribution in [0.5, 0.6) is 0 Å². The Balaban J connectivity index is 2.14. The zero-order valence-electron chi connectivity index (χ0n) is 13.9. The summed E-state index contributed by atoms with van der Waals surface area (Å²) in [6.07, 6.45) is 7.78. The summed E-state index contributed by atoms with van der Waals surface area (Å²) in [5.74, 6) is 0. The Morgan fingerprint density at radius 3 is 2.09 bits per heavy atom. The lowest BCUT2D eigenvalue weighted by Crippen LogP contribution is -2.29. The highest BCUT2D eigenvalue weighted by atomic mass is 15.1. The molecule has 0 unspecified atom stereocenters. The first-order chi connectivity index (χ1) is 11.3. The normalized spacial score (nSPS) is 12.2. The molecule has 0 atom stereocenters. The molecule has 0 bridgehead atoms. The first kappa shape index (κ1) is 17.0. The number of allylic oxidation sites excluding steroid dienone is 1. The number of hydrogen-bond acceptors (Lipinski definition) is 4. The molecule has 2 aromatic heterocycles. The summed E-state index contributed by atoms with van der Waals surface area (Å²) in [5, 5.41) is 0. The monoisotopic (exact) mass is 308 g/mol. The number of rotatable bonds is 8. The van der Waals surface area contributed by atoms with E-state index in [4.69, 9.17) is 0 Å². The van der Waals surface area contributed by atoms with Crippen molar-refractivity contribution in [1.82, 2.24) is 14.9 Å². The summed E-state index contributed by atoms with van der Waals surface area (Å²) in [6.45, 7) is 7.21. The zero-order chi connectivity index (χ0) is 16.3. The summed E-state index contributed by atoms with van der Waals surface area (Å²) in [7, 11) is 0. The molecule has 0 amide bonds. The van der Waals surface area contributed by atoms with Crippen LogP contribution in [0.25, 0.3) is 0 Å². The molecule has 4 heteroatoms. The van der Waals surface area contributed by atoms with E-state index in [2.05, 4.69) is 45.0 Å². The van der Waals surface area contributed by atoms with E-state index in [-0.39, 0.29) is 0 Å². The molecule has 120 valence electrons. The van der Waals surface area contributed by atoms with Gasteiger partial charge in [-0.1, -0.05) is 18.2 Å². The molecule has 0 fully saturated rings. The highest BCUT2D eigenvalue weighted by molar-refractivity contribution is 5.96. The van der Waals surface area contributed by atoms with Gasteiger partial charge in [0.05, 0.1) is 11.4 Å². The molecule has 0 N–H and O–H groups in total. The van der Waals surface area contributed by atoms with Gasteiger partial charge in [-0.15, -0.1) is 0 Å². The highest BCUT2D eigenvalue weighted by Gasteiger charge is 2.10. The number of pyridine rings is 2.